The largest absolute Gasteiger partial charge is 0.325 e. The average molecular weight is 404 g/mol. The van der Waals surface area contributed by atoms with E-state index in [0.29, 0.717) is 10.8 Å². The molecule has 0 unspecified atom stereocenters. The molecule has 0 saturated heterocycles. The first-order valence-corrected chi connectivity index (χ1v) is 10.1. The van der Waals surface area contributed by atoms with E-state index in [1.807, 2.05) is 25.1 Å². The van der Waals surface area contributed by atoms with Gasteiger partial charge in [-0.1, -0.05) is 23.5 Å². The van der Waals surface area contributed by atoms with Crippen LogP contribution in [-0.2, 0) is 9.59 Å². The van der Waals surface area contributed by atoms with Crippen LogP contribution in [0, 0.1) is 12.7 Å². The van der Waals surface area contributed by atoms with Gasteiger partial charge in [0.1, 0.15) is 5.82 Å². The average Bonchev–Trinajstić information content (AvgIpc) is 3.05. The quantitative estimate of drug-likeness (QED) is 0.638. The number of thiazole rings is 1. The number of carbonyl (C=O) groups excluding carboxylic acids is 2. The van der Waals surface area contributed by atoms with Crippen LogP contribution in [0.1, 0.15) is 12.5 Å². The lowest BCUT2D eigenvalue weighted by molar-refractivity contribution is -0.115. The number of anilines is 2. The van der Waals surface area contributed by atoms with Crippen molar-refractivity contribution in [2.75, 3.05) is 16.4 Å². The minimum absolute atomic E-state index is 0.116. The first kappa shape index (κ1) is 19.3. The number of amides is 2. The second-order valence-electron chi connectivity index (χ2n) is 5.94. The smallest absolute Gasteiger partial charge is 0.239 e. The van der Waals surface area contributed by atoms with Crippen LogP contribution in [0.4, 0.5) is 15.2 Å². The van der Waals surface area contributed by atoms with Crippen molar-refractivity contribution in [1.82, 2.24) is 4.98 Å². The van der Waals surface area contributed by atoms with Crippen LogP contribution >= 0.6 is 23.1 Å². The summed E-state index contributed by atoms with van der Waals surface area (Å²) in [4.78, 5) is 28.8. The number of hydrogen-bond donors (Lipinski definition) is 2. The Morgan fingerprint density at radius 2 is 1.93 bits per heavy atom. The Hall–Kier alpha value is -2.45. The van der Waals surface area contributed by atoms with E-state index in [-0.39, 0.29) is 23.4 Å². The normalized spacial score (nSPS) is 12.0. The van der Waals surface area contributed by atoms with Crippen LogP contribution in [0.3, 0.4) is 0 Å². The molecule has 5 nitrogen and oxygen atoms in total. The number of fused-ring (bicyclic) bond motifs is 1. The molecule has 27 heavy (non-hydrogen) atoms. The summed E-state index contributed by atoms with van der Waals surface area (Å²) in [6.07, 6.45) is 0. The molecule has 3 aromatic rings. The zero-order valence-corrected chi connectivity index (χ0v) is 16.4. The predicted octanol–water partition coefficient (Wildman–Crippen LogP) is 4.44. The maximum absolute atomic E-state index is 12.9. The molecule has 2 aromatic carbocycles. The first-order chi connectivity index (χ1) is 12.9. The van der Waals surface area contributed by atoms with Crippen molar-refractivity contribution < 1.29 is 14.0 Å². The van der Waals surface area contributed by atoms with E-state index in [2.05, 4.69) is 15.6 Å². The predicted molar refractivity (Wildman–Crippen MR) is 110 cm³/mol. The Labute approximate surface area is 164 Å². The van der Waals surface area contributed by atoms with Crippen molar-refractivity contribution in [1.29, 1.82) is 0 Å². The number of thioether (sulfide) groups is 1. The molecule has 2 N–H and O–H groups in total. The topological polar surface area (TPSA) is 71.1 Å². The molecule has 140 valence electrons. The molecule has 0 saturated carbocycles. The van der Waals surface area contributed by atoms with Gasteiger partial charge in [-0.25, -0.2) is 9.37 Å². The van der Waals surface area contributed by atoms with Crippen LogP contribution in [-0.4, -0.2) is 27.8 Å². The van der Waals surface area contributed by atoms with Gasteiger partial charge in [0.15, 0.2) is 5.13 Å². The van der Waals surface area contributed by atoms with E-state index in [1.54, 1.807) is 6.92 Å². The molecular formula is C19H18FN3O2S2. The number of aryl methyl sites for hydroxylation is 1. The van der Waals surface area contributed by atoms with E-state index in [9.17, 15) is 14.0 Å². The number of rotatable bonds is 6. The summed E-state index contributed by atoms with van der Waals surface area (Å²) in [5.41, 5.74) is 2.46. The molecule has 0 aliphatic heterocycles. The Bertz CT molecular complexity index is 973. The summed E-state index contributed by atoms with van der Waals surface area (Å²) in [5.74, 6) is -0.698. The summed E-state index contributed by atoms with van der Waals surface area (Å²) < 4.78 is 13.9. The second-order valence-corrected chi connectivity index (χ2v) is 8.30. The van der Waals surface area contributed by atoms with E-state index >= 15 is 0 Å². The number of hydrogen-bond acceptors (Lipinski definition) is 5. The fourth-order valence-electron chi connectivity index (χ4n) is 2.35. The minimum Gasteiger partial charge on any atom is -0.325 e. The molecular weight excluding hydrogens is 385 g/mol. The number of nitrogens with one attached hydrogen (secondary N) is 2. The van der Waals surface area contributed by atoms with Gasteiger partial charge >= 0.3 is 0 Å². The SMILES string of the molecule is Cc1cccc2sc(NC(=O)[C@@H](C)SCC(=O)Nc3ccc(F)cc3)nc12. The Balaban J connectivity index is 1.51. The van der Waals surface area contributed by atoms with Gasteiger partial charge in [0.05, 0.1) is 21.2 Å². The molecule has 0 aliphatic carbocycles. The fraction of sp³-hybridized carbons (Fsp3) is 0.211. The fourth-order valence-corrected chi connectivity index (χ4v) is 3.98. The van der Waals surface area contributed by atoms with E-state index in [1.165, 1.54) is 47.4 Å². The van der Waals surface area contributed by atoms with Gasteiger partial charge in [0.2, 0.25) is 11.8 Å². The second kappa shape index (κ2) is 8.49. The lowest BCUT2D eigenvalue weighted by Crippen LogP contribution is -2.25. The van der Waals surface area contributed by atoms with Crippen LogP contribution in [0.5, 0.6) is 0 Å². The van der Waals surface area contributed by atoms with Crippen molar-refractivity contribution in [2.45, 2.75) is 19.1 Å². The molecule has 0 spiro atoms. The zero-order chi connectivity index (χ0) is 19.4. The molecule has 0 fully saturated rings. The number of aromatic nitrogens is 1. The van der Waals surface area contributed by atoms with Crippen molar-refractivity contribution in [3.63, 3.8) is 0 Å². The summed E-state index contributed by atoms with van der Waals surface area (Å²) in [6, 6.07) is 11.4. The molecule has 0 bridgehead atoms. The number of para-hydroxylation sites is 1. The van der Waals surface area contributed by atoms with Crippen molar-refractivity contribution >= 4 is 55.9 Å². The van der Waals surface area contributed by atoms with Crippen molar-refractivity contribution in [2.24, 2.45) is 0 Å². The summed E-state index contributed by atoms with van der Waals surface area (Å²) >= 11 is 2.65. The molecule has 8 heteroatoms. The molecule has 3 rings (SSSR count). The molecule has 1 aromatic heterocycles. The lowest BCUT2D eigenvalue weighted by atomic mass is 10.2. The van der Waals surface area contributed by atoms with Crippen molar-refractivity contribution in [3.05, 3.63) is 53.8 Å². The molecule has 0 radical (unpaired) electrons. The van der Waals surface area contributed by atoms with Gasteiger partial charge in [-0.3, -0.25) is 9.59 Å². The number of nitrogens with zero attached hydrogens (tertiary/aromatic N) is 1. The van der Waals surface area contributed by atoms with E-state index in [4.69, 9.17) is 0 Å². The van der Waals surface area contributed by atoms with Crippen LogP contribution in [0.2, 0.25) is 0 Å². The summed E-state index contributed by atoms with van der Waals surface area (Å²) in [5, 5.41) is 5.61. The monoisotopic (exact) mass is 403 g/mol. The van der Waals surface area contributed by atoms with Gasteiger partial charge in [-0.15, -0.1) is 11.8 Å². The first-order valence-electron chi connectivity index (χ1n) is 8.26. The van der Waals surface area contributed by atoms with Gasteiger partial charge in [-0.05, 0) is 49.7 Å². The molecule has 1 heterocycles. The Morgan fingerprint density at radius 3 is 2.63 bits per heavy atom. The summed E-state index contributed by atoms with van der Waals surface area (Å²) in [7, 11) is 0. The Kier molecular flexibility index (Phi) is 6.08. The van der Waals surface area contributed by atoms with E-state index in [0.717, 1.165) is 15.8 Å². The van der Waals surface area contributed by atoms with Gasteiger partial charge in [-0.2, -0.15) is 0 Å². The highest BCUT2D eigenvalue weighted by Gasteiger charge is 2.17. The van der Waals surface area contributed by atoms with Crippen LogP contribution in [0.25, 0.3) is 10.2 Å². The van der Waals surface area contributed by atoms with E-state index < -0.39 is 5.25 Å². The highest BCUT2D eigenvalue weighted by molar-refractivity contribution is 8.01. The summed E-state index contributed by atoms with van der Waals surface area (Å²) in [6.45, 7) is 3.72. The third-order valence-electron chi connectivity index (χ3n) is 3.81. The van der Waals surface area contributed by atoms with Gasteiger partial charge in [0, 0.05) is 5.69 Å². The highest BCUT2D eigenvalue weighted by atomic mass is 32.2. The lowest BCUT2D eigenvalue weighted by Gasteiger charge is -2.10. The number of benzene rings is 2. The van der Waals surface area contributed by atoms with Crippen molar-refractivity contribution in [3.8, 4) is 0 Å². The number of carbonyl (C=O) groups is 2. The minimum atomic E-state index is -0.419. The van der Waals surface area contributed by atoms with Crippen LogP contribution < -0.4 is 10.6 Å². The molecule has 1 atom stereocenters. The van der Waals surface area contributed by atoms with Crippen LogP contribution in [0.15, 0.2) is 42.5 Å². The third-order valence-corrected chi connectivity index (χ3v) is 5.89. The third kappa shape index (κ3) is 5.05. The molecule has 0 aliphatic rings. The molecule has 2 amide bonds. The number of halogens is 1. The maximum atomic E-state index is 12.9. The highest BCUT2D eigenvalue weighted by Crippen LogP contribution is 2.28. The Morgan fingerprint density at radius 1 is 1.19 bits per heavy atom. The zero-order valence-electron chi connectivity index (χ0n) is 14.8. The standard InChI is InChI=1S/C19H18FN3O2S2/c1-11-4-3-5-15-17(11)22-19(27-15)23-18(25)12(2)26-10-16(24)21-14-8-6-13(20)7-9-14/h3-9,12H,10H2,1-2H3,(H,21,24)(H,22,23,25)/t12-/m1/s1. The van der Waals surface area contributed by atoms with Gasteiger partial charge in [0.25, 0.3) is 0 Å². The van der Waals surface area contributed by atoms with Gasteiger partial charge < -0.3 is 10.6 Å². The maximum Gasteiger partial charge on any atom is 0.239 e.